The SMILES string of the molecule is COC(=O)c1ccccc1-n1ncc(NCc2ccccc2F)c(Cl)c1=O. The van der Waals surface area contributed by atoms with Gasteiger partial charge in [0.1, 0.15) is 10.8 Å². The minimum atomic E-state index is -0.619. The molecule has 0 bridgehead atoms. The van der Waals surface area contributed by atoms with Crippen LogP contribution in [0, 0.1) is 5.82 Å². The van der Waals surface area contributed by atoms with Gasteiger partial charge in [0.2, 0.25) is 0 Å². The van der Waals surface area contributed by atoms with E-state index in [4.69, 9.17) is 16.3 Å². The highest BCUT2D eigenvalue weighted by Crippen LogP contribution is 2.20. The molecule has 0 aliphatic carbocycles. The molecule has 0 atom stereocenters. The van der Waals surface area contributed by atoms with Crippen molar-refractivity contribution in [2.24, 2.45) is 0 Å². The van der Waals surface area contributed by atoms with Gasteiger partial charge in [0.15, 0.2) is 0 Å². The van der Waals surface area contributed by atoms with E-state index in [9.17, 15) is 14.0 Å². The van der Waals surface area contributed by atoms with Gasteiger partial charge in [-0.25, -0.2) is 9.18 Å². The van der Waals surface area contributed by atoms with Crippen molar-refractivity contribution in [1.82, 2.24) is 9.78 Å². The van der Waals surface area contributed by atoms with Crippen LogP contribution in [0.5, 0.6) is 0 Å². The van der Waals surface area contributed by atoms with Crippen LogP contribution >= 0.6 is 11.6 Å². The number of carbonyl (C=O) groups excluding carboxylic acids is 1. The Balaban J connectivity index is 1.94. The minimum Gasteiger partial charge on any atom is -0.465 e. The molecule has 3 aromatic rings. The maximum Gasteiger partial charge on any atom is 0.340 e. The molecule has 8 heteroatoms. The van der Waals surface area contributed by atoms with E-state index in [-0.39, 0.29) is 34.3 Å². The number of halogens is 2. The van der Waals surface area contributed by atoms with Crippen LogP contribution in [0.4, 0.5) is 10.1 Å². The van der Waals surface area contributed by atoms with Gasteiger partial charge in [0.05, 0.1) is 30.2 Å². The summed E-state index contributed by atoms with van der Waals surface area (Å²) in [5.41, 5.74) is 0.492. The van der Waals surface area contributed by atoms with E-state index in [1.165, 1.54) is 25.4 Å². The number of methoxy groups -OCH3 is 1. The lowest BCUT2D eigenvalue weighted by atomic mass is 10.2. The Morgan fingerprint density at radius 2 is 1.93 bits per heavy atom. The number of anilines is 1. The molecule has 0 aliphatic heterocycles. The van der Waals surface area contributed by atoms with Crippen LogP contribution < -0.4 is 10.9 Å². The first-order chi connectivity index (χ1) is 13.0. The minimum absolute atomic E-state index is 0.124. The summed E-state index contributed by atoms with van der Waals surface area (Å²) in [6.45, 7) is 0.135. The highest BCUT2D eigenvalue weighted by Gasteiger charge is 2.17. The molecule has 0 unspecified atom stereocenters. The van der Waals surface area contributed by atoms with Crippen molar-refractivity contribution in [2.45, 2.75) is 6.54 Å². The van der Waals surface area contributed by atoms with Crippen molar-refractivity contribution in [3.63, 3.8) is 0 Å². The predicted molar refractivity (Wildman–Crippen MR) is 99.9 cm³/mol. The largest absolute Gasteiger partial charge is 0.465 e. The van der Waals surface area contributed by atoms with Crippen LogP contribution in [0.15, 0.2) is 59.5 Å². The summed E-state index contributed by atoms with van der Waals surface area (Å²) >= 11 is 6.17. The zero-order valence-corrected chi connectivity index (χ0v) is 15.0. The molecule has 1 heterocycles. The zero-order chi connectivity index (χ0) is 19.4. The number of carbonyl (C=O) groups is 1. The number of ether oxygens (including phenoxy) is 1. The number of aromatic nitrogens is 2. The van der Waals surface area contributed by atoms with E-state index in [2.05, 4.69) is 10.4 Å². The molecule has 0 amide bonds. The Morgan fingerprint density at radius 3 is 2.67 bits per heavy atom. The van der Waals surface area contributed by atoms with Gasteiger partial charge in [-0.2, -0.15) is 9.78 Å². The van der Waals surface area contributed by atoms with Gasteiger partial charge < -0.3 is 10.1 Å². The molecule has 0 saturated heterocycles. The van der Waals surface area contributed by atoms with Gasteiger partial charge in [0.25, 0.3) is 5.56 Å². The van der Waals surface area contributed by atoms with Crippen molar-refractivity contribution < 1.29 is 13.9 Å². The van der Waals surface area contributed by atoms with E-state index < -0.39 is 11.5 Å². The number of esters is 1. The van der Waals surface area contributed by atoms with Gasteiger partial charge >= 0.3 is 5.97 Å². The fourth-order valence-electron chi connectivity index (χ4n) is 2.50. The lowest BCUT2D eigenvalue weighted by Gasteiger charge is -2.12. The lowest BCUT2D eigenvalue weighted by molar-refractivity contribution is 0.0600. The van der Waals surface area contributed by atoms with Crippen LogP contribution in [0.3, 0.4) is 0 Å². The molecule has 6 nitrogen and oxygen atoms in total. The van der Waals surface area contributed by atoms with E-state index in [1.54, 1.807) is 36.4 Å². The monoisotopic (exact) mass is 387 g/mol. The lowest BCUT2D eigenvalue weighted by Crippen LogP contribution is -2.24. The predicted octanol–water partition coefficient (Wildman–Crippen LogP) is 3.42. The van der Waals surface area contributed by atoms with E-state index in [0.717, 1.165) is 4.68 Å². The van der Waals surface area contributed by atoms with Crippen molar-refractivity contribution in [3.8, 4) is 5.69 Å². The van der Waals surface area contributed by atoms with Crippen molar-refractivity contribution >= 4 is 23.3 Å². The smallest absolute Gasteiger partial charge is 0.340 e. The zero-order valence-electron chi connectivity index (χ0n) is 14.3. The number of benzene rings is 2. The van der Waals surface area contributed by atoms with Crippen LogP contribution in [-0.4, -0.2) is 22.9 Å². The Bertz CT molecular complexity index is 1050. The third kappa shape index (κ3) is 3.83. The standard InChI is InChI=1S/C19H15ClFN3O3/c1-27-19(26)13-7-3-5-9-16(13)24-18(25)17(20)15(11-23-24)22-10-12-6-2-4-8-14(12)21/h2-9,11,22H,10H2,1H3. The van der Waals surface area contributed by atoms with Gasteiger partial charge in [-0.15, -0.1) is 0 Å². The summed E-state index contributed by atoms with van der Waals surface area (Å²) in [6, 6.07) is 12.7. The van der Waals surface area contributed by atoms with Crippen LogP contribution in [0.25, 0.3) is 5.69 Å². The molecular weight excluding hydrogens is 373 g/mol. The first-order valence-electron chi connectivity index (χ1n) is 7.95. The quantitative estimate of drug-likeness (QED) is 0.679. The highest BCUT2D eigenvalue weighted by atomic mass is 35.5. The van der Waals surface area contributed by atoms with Crippen LogP contribution in [0.2, 0.25) is 5.02 Å². The number of nitrogens with zero attached hydrogens (tertiary/aromatic N) is 2. The Labute approximate surface area is 159 Å². The Morgan fingerprint density at radius 1 is 1.22 bits per heavy atom. The number of para-hydroxylation sites is 1. The first kappa shape index (κ1) is 18.6. The molecule has 27 heavy (non-hydrogen) atoms. The van der Waals surface area contributed by atoms with Gasteiger partial charge in [-0.05, 0) is 18.2 Å². The fourth-order valence-corrected chi connectivity index (χ4v) is 2.70. The second-order valence-electron chi connectivity index (χ2n) is 5.54. The van der Waals surface area contributed by atoms with E-state index >= 15 is 0 Å². The van der Waals surface area contributed by atoms with Crippen LogP contribution in [-0.2, 0) is 11.3 Å². The third-order valence-electron chi connectivity index (χ3n) is 3.88. The highest BCUT2D eigenvalue weighted by molar-refractivity contribution is 6.32. The van der Waals surface area contributed by atoms with Gasteiger partial charge in [-0.1, -0.05) is 41.9 Å². The Hall–Kier alpha value is -3.19. The molecule has 1 N–H and O–H groups in total. The molecule has 0 spiro atoms. The summed E-state index contributed by atoms with van der Waals surface area (Å²) in [6.07, 6.45) is 1.35. The van der Waals surface area contributed by atoms with Gasteiger partial charge in [0, 0.05) is 12.1 Å². The molecule has 1 aromatic heterocycles. The first-order valence-corrected chi connectivity index (χ1v) is 8.33. The normalized spacial score (nSPS) is 10.5. The molecule has 0 saturated carbocycles. The topological polar surface area (TPSA) is 73.2 Å². The maximum atomic E-state index is 13.7. The molecular formula is C19H15ClFN3O3. The molecule has 0 aliphatic rings. The van der Waals surface area contributed by atoms with Crippen molar-refractivity contribution in [2.75, 3.05) is 12.4 Å². The molecule has 2 aromatic carbocycles. The van der Waals surface area contributed by atoms with Gasteiger partial charge in [-0.3, -0.25) is 4.79 Å². The Kier molecular flexibility index (Phi) is 5.52. The molecule has 0 fully saturated rings. The summed E-state index contributed by atoms with van der Waals surface area (Å²) < 4.78 is 19.5. The van der Waals surface area contributed by atoms with Crippen molar-refractivity contribution in [3.05, 3.63) is 87.0 Å². The summed E-state index contributed by atoms with van der Waals surface area (Å²) in [7, 11) is 1.25. The summed E-state index contributed by atoms with van der Waals surface area (Å²) in [5, 5.41) is 6.85. The van der Waals surface area contributed by atoms with Crippen molar-refractivity contribution in [1.29, 1.82) is 0 Å². The third-order valence-corrected chi connectivity index (χ3v) is 4.25. The van der Waals surface area contributed by atoms with E-state index in [0.29, 0.717) is 5.56 Å². The number of hydrogen-bond acceptors (Lipinski definition) is 5. The molecule has 138 valence electrons. The number of rotatable bonds is 5. The van der Waals surface area contributed by atoms with Crippen LogP contribution in [0.1, 0.15) is 15.9 Å². The number of nitrogens with one attached hydrogen (secondary N) is 1. The second-order valence-corrected chi connectivity index (χ2v) is 5.92. The molecule has 3 rings (SSSR count). The fraction of sp³-hybridized carbons (Fsp3) is 0.105. The van der Waals surface area contributed by atoms with E-state index in [1.807, 2.05) is 0 Å². The summed E-state index contributed by atoms with van der Waals surface area (Å²) in [4.78, 5) is 24.5. The second kappa shape index (κ2) is 8.01. The average Bonchev–Trinajstić information content (AvgIpc) is 2.69. The number of hydrogen-bond donors (Lipinski definition) is 1. The maximum absolute atomic E-state index is 13.7. The summed E-state index contributed by atoms with van der Waals surface area (Å²) in [5.74, 6) is -0.966. The molecule has 0 radical (unpaired) electrons. The average molecular weight is 388 g/mol.